The van der Waals surface area contributed by atoms with E-state index in [2.05, 4.69) is 4.94 Å². The number of hydrogen-bond donors (Lipinski definition) is 1. The van der Waals surface area contributed by atoms with Gasteiger partial charge in [-0.25, -0.2) is 0 Å². The fourth-order valence-corrected chi connectivity index (χ4v) is 2.91. The van der Waals surface area contributed by atoms with Gasteiger partial charge in [0.2, 0.25) is 0 Å². The van der Waals surface area contributed by atoms with E-state index in [0.717, 1.165) is 5.39 Å². The molecule has 0 aliphatic rings. The molecule has 60 valence electrons. The van der Waals surface area contributed by atoms with E-state index in [1.54, 1.807) is 6.07 Å². The van der Waals surface area contributed by atoms with E-state index in [1.165, 1.54) is 4.26 Å². The average Bonchev–Trinajstić information content (AvgIpc) is 2.49. The van der Waals surface area contributed by atoms with E-state index in [4.69, 9.17) is 5.73 Å². The molecule has 12 heavy (non-hydrogen) atoms. The van der Waals surface area contributed by atoms with Crippen LogP contribution in [-0.4, -0.2) is 20.4 Å². The Bertz CT molecular complexity index is 433. The molecule has 0 radical (unpaired) electrons. The van der Waals surface area contributed by atoms with Crippen molar-refractivity contribution < 1.29 is 4.79 Å². The Morgan fingerprint density at radius 1 is 1.33 bits per heavy atom. The molecule has 2 rings (SSSR count). The number of amides is 1. The van der Waals surface area contributed by atoms with Gasteiger partial charge in [-0.05, 0) is 0 Å². The number of carbonyl (C=O) groups excluding carboxylic acids is 1. The molecule has 1 aromatic heterocycles. The van der Waals surface area contributed by atoms with Crippen molar-refractivity contribution in [3.63, 3.8) is 0 Å². The summed E-state index contributed by atoms with van der Waals surface area (Å²) in [5.41, 5.74) is 5.86. The zero-order valence-corrected chi connectivity index (χ0v) is 7.99. The summed E-state index contributed by atoms with van der Waals surface area (Å²) in [7, 11) is 0. The first-order valence-electron chi connectivity index (χ1n) is 3.55. The maximum atomic E-state index is 11.0. The second-order valence-corrected chi connectivity index (χ2v) is 4.49. The van der Waals surface area contributed by atoms with Crippen LogP contribution >= 0.6 is 0 Å². The fourth-order valence-electron chi connectivity index (χ4n) is 1.21. The first-order valence-corrected chi connectivity index (χ1v) is 5.39. The number of primary amides is 1. The van der Waals surface area contributed by atoms with Crippen LogP contribution in [0.5, 0.6) is 0 Å². The number of rotatable bonds is 1. The number of benzene rings is 1. The van der Waals surface area contributed by atoms with E-state index >= 15 is 0 Å². The molecule has 2 aromatic rings. The Labute approximate surface area is 75.7 Å². The predicted molar refractivity (Wildman–Crippen MR) is 49.4 cm³/mol. The third-order valence-corrected chi connectivity index (χ3v) is 3.61. The van der Waals surface area contributed by atoms with E-state index in [-0.39, 0.29) is 5.91 Å². The zero-order valence-electron chi connectivity index (χ0n) is 6.28. The van der Waals surface area contributed by atoms with Gasteiger partial charge in [0.15, 0.2) is 0 Å². The zero-order chi connectivity index (χ0) is 8.55. The van der Waals surface area contributed by atoms with Gasteiger partial charge in [-0.15, -0.1) is 0 Å². The molecule has 0 atom stereocenters. The standard InChI is InChI=1S/C9H7NOSe/c10-9(11)7-2-1-3-8-6(7)4-5-12-8/h1-5H,(H2,10,11). The SMILES string of the molecule is NC(=O)c1cccc2[se]ccc12. The molecule has 0 spiro atoms. The van der Waals surface area contributed by atoms with E-state index in [1.807, 2.05) is 18.2 Å². The van der Waals surface area contributed by atoms with Gasteiger partial charge in [-0.2, -0.15) is 0 Å². The molecule has 0 bridgehead atoms. The van der Waals surface area contributed by atoms with Gasteiger partial charge in [0.05, 0.1) is 0 Å². The van der Waals surface area contributed by atoms with Gasteiger partial charge >= 0.3 is 75.4 Å². The van der Waals surface area contributed by atoms with Crippen molar-refractivity contribution in [1.82, 2.24) is 0 Å². The summed E-state index contributed by atoms with van der Waals surface area (Å²) in [5, 5.41) is 1.02. The van der Waals surface area contributed by atoms with Crippen molar-refractivity contribution in [2.75, 3.05) is 0 Å². The molecule has 0 saturated heterocycles. The Morgan fingerprint density at radius 3 is 2.92 bits per heavy atom. The Morgan fingerprint density at radius 2 is 2.17 bits per heavy atom. The minimum absolute atomic E-state index is 0.339. The van der Waals surface area contributed by atoms with Crippen molar-refractivity contribution >= 4 is 30.1 Å². The molecule has 1 aromatic carbocycles. The Balaban J connectivity index is 2.82. The van der Waals surface area contributed by atoms with Crippen LogP contribution in [0.2, 0.25) is 0 Å². The van der Waals surface area contributed by atoms with Crippen molar-refractivity contribution in [3.8, 4) is 0 Å². The van der Waals surface area contributed by atoms with Gasteiger partial charge in [-0.3, -0.25) is 0 Å². The third-order valence-electron chi connectivity index (χ3n) is 1.76. The molecular formula is C9H7NOSe. The number of nitrogens with two attached hydrogens (primary N) is 1. The molecule has 0 unspecified atom stereocenters. The minimum atomic E-state index is -0.339. The third kappa shape index (κ3) is 1.07. The second kappa shape index (κ2) is 2.77. The van der Waals surface area contributed by atoms with Crippen LogP contribution in [0.1, 0.15) is 10.4 Å². The summed E-state index contributed by atoms with van der Waals surface area (Å²) in [4.78, 5) is 13.1. The van der Waals surface area contributed by atoms with Crippen LogP contribution in [0.4, 0.5) is 0 Å². The summed E-state index contributed by atoms with van der Waals surface area (Å²) in [5.74, 6) is -0.339. The summed E-state index contributed by atoms with van der Waals surface area (Å²) in [6, 6.07) is 7.68. The van der Waals surface area contributed by atoms with Crippen molar-refractivity contribution in [3.05, 3.63) is 34.8 Å². The first-order chi connectivity index (χ1) is 5.79. The topological polar surface area (TPSA) is 43.1 Å². The molecule has 0 fully saturated rings. The molecule has 2 N–H and O–H groups in total. The molecule has 3 heteroatoms. The number of hydrogen-bond acceptors (Lipinski definition) is 1. The monoisotopic (exact) mass is 225 g/mol. The van der Waals surface area contributed by atoms with E-state index in [0.29, 0.717) is 20.1 Å². The van der Waals surface area contributed by atoms with Crippen molar-refractivity contribution in [2.24, 2.45) is 5.73 Å². The first kappa shape index (κ1) is 7.59. The van der Waals surface area contributed by atoms with E-state index in [9.17, 15) is 4.79 Å². The summed E-state index contributed by atoms with van der Waals surface area (Å²) in [6.45, 7) is 0. The molecule has 0 aliphatic carbocycles. The maximum absolute atomic E-state index is 11.0. The van der Waals surface area contributed by atoms with Gasteiger partial charge < -0.3 is 0 Å². The van der Waals surface area contributed by atoms with Gasteiger partial charge in [0.1, 0.15) is 0 Å². The van der Waals surface area contributed by atoms with Crippen molar-refractivity contribution in [2.45, 2.75) is 0 Å². The van der Waals surface area contributed by atoms with Crippen LogP contribution in [-0.2, 0) is 0 Å². The number of fused-ring (bicyclic) bond motifs is 1. The average molecular weight is 224 g/mol. The van der Waals surface area contributed by atoms with Gasteiger partial charge in [-0.1, -0.05) is 0 Å². The van der Waals surface area contributed by atoms with Gasteiger partial charge in [0, 0.05) is 0 Å². The number of carbonyl (C=O) groups is 1. The molecule has 2 nitrogen and oxygen atoms in total. The molecule has 1 heterocycles. The van der Waals surface area contributed by atoms with Crippen LogP contribution in [0.15, 0.2) is 29.2 Å². The second-order valence-electron chi connectivity index (χ2n) is 2.50. The summed E-state index contributed by atoms with van der Waals surface area (Å²) >= 11 is 0.390. The van der Waals surface area contributed by atoms with Crippen LogP contribution in [0.3, 0.4) is 0 Å². The van der Waals surface area contributed by atoms with Crippen LogP contribution < -0.4 is 5.73 Å². The van der Waals surface area contributed by atoms with Crippen LogP contribution in [0, 0.1) is 0 Å². The molecular weight excluding hydrogens is 217 g/mol. The van der Waals surface area contributed by atoms with Gasteiger partial charge in [0.25, 0.3) is 0 Å². The summed E-state index contributed by atoms with van der Waals surface area (Å²) < 4.78 is 1.25. The Kier molecular flexibility index (Phi) is 1.75. The Hall–Kier alpha value is -1.05. The predicted octanol–water partition coefficient (Wildman–Crippen LogP) is 0.996. The molecule has 0 saturated carbocycles. The fraction of sp³-hybridized carbons (Fsp3) is 0. The summed E-state index contributed by atoms with van der Waals surface area (Å²) in [6.07, 6.45) is 0. The molecule has 1 amide bonds. The quantitative estimate of drug-likeness (QED) is 0.721. The van der Waals surface area contributed by atoms with E-state index < -0.39 is 0 Å². The van der Waals surface area contributed by atoms with Crippen LogP contribution in [0.25, 0.3) is 9.65 Å². The van der Waals surface area contributed by atoms with Crippen molar-refractivity contribution in [1.29, 1.82) is 0 Å². The molecule has 0 aliphatic heterocycles. The normalized spacial score (nSPS) is 10.3.